The van der Waals surface area contributed by atoms with Crippen molar-refractivity contribution in [2.24, 2.45) is 0 Å². The van der Waals surface area contributed by atoms with Gasteiger partial charge in [-0.1, -0.05) is 11.6 Å². The number of aryl methyl sites for hydroxylation is 2. The van der Waals surface area contributed by atoms with Gasteiger partial charge in [-0.3, -0.25) is 4.79 Å². The lowest BCUT2D eigenvalue weighted by molar-refractivity contribution is -0.136. The number of carbonyl (C=O) groups excluding carboxylic acids is 1. The molecule has 1 saturated heterocycles. The summed E-state index contributed by atoms with van der Waals surface area (Å²) in [6.45, 7) is 5.03. The highest BCUT2D eigenvalue weighted by Gasteiger charge is 2.26. The van der Waals surface area contributed by atoms with Crippen LogP contribution in [0.25, 0.3) is 0 Å². The lowest BCUT2D eigenvalue weighted by Gasteiger charge is -2.32. The van der Waals surface area contributed by atoms with Gasteiger partial charge in [0.1, 0.15) is 11.9 Å². The first-order chi connectivity index (χ1) is 12.5. The molecule has 0 radical (unpaired) electrons. The molecule has 1 unspecified atom stereocenters. The van der Waals surface area contributed by atoms with Crippen molar-refractivity contribution in [2.45, 2.75) is 32.8 Å². The molecular formula is C19H22ClN3O3. The number of piperidine rings is 1. The van der Waals surface area contributed by atoms with Crippen molar-refractivity contribution >= 4 is 17.5 Å². The van der Waals surface area contributed by atoms with E-state index in [-0.39, 0.29) is 18.6 Å². The van der Waals surface area contributed by atoms with Crippen molar-refractivity contribution in [3.63, 3.8) is 0 Å². The zero-order valence-corrected chi connectivity index (χ0v) is 15.7. The monoisotopic (exact) mass is 375 g/mol. The van der Waals surface area contributed by atoms with Gasteiger partial charge in [-0.25, -0.2) is 9.97 Å². The van der Waals surface area contributed by atoms with Crippen molar-refractivity contribution < 1.29 is 14.3 Å². The van der Waals surface area contributed by atoms with Crippen LogP contribution in [0.15, 0.2) is 30.3 Å². The molecule has 0 bridgehead atoms. The Balaban J connectivity index is 1.53. The molecule has 0 N–H and O–H groups in total. The number of carbonyl (C=O) groups is 1. The van der Waals surface area contributed by atoms with E-state index >= 15 is 0 Å². The fourth-order valence-electron chi connectivity index (χ4n) is 2.92. The van der Waals surface area contributed by atoms with E-state index in [9.17, 15) is 4.79 Å². The Morgan fingerprint density at radius 2 is 1.92 bits per heavy atom. The average Bonchev–Trinajstić information content (AvgIpc) is 2.60. The van der Waals surface area contributed by atoms with Crippen molar-refractivity contribution in [3.8, 4) is 11.8 Å². The molecule has 6 nitrogen and oxygen atoms in total. The molecule has 1 aliphatic rings. The lowest BCUT2D eigenvalue weighted by atomic mass is 10.1. The van der Waals surface area contributed by atoms with E-state index < -0.39 is 0 Å². The summed E-state index contributed by atoms with van der Waals surface area (Å²) in [5, 5.41) is 0.633. The molecule has 0 aliphatic carbocycles. The van der Waals surface area contributed by atoms with Gasteiger partial charge in [-0.15, -0.1) is 0 Å². The van der Waals surface area contributed by atoms with Crippen molar-refractivity contribution in [1.82, 2.24) is 14.9 Å². The summed E-state index contributed by atoms with van der Waals surface area (Å²) in [6, 6.07) is 9.23. The van der Waals surface area contributed by atoms with E-state index in [2.05, 4.69) is 9.97 Å². The largest absolute Gasteiger partial charge is 0.484 e. The summed E-state index contributed by atoms with van der Waals surface area (Å²) in [7, 11) is 0. The molecule has 26 heavy (non-hydrogen) atoms. The number of halogens is 1. The summed E-state index contributed by atoms with van der Waals surface area (Å²) >= 11 is 5.84. The van der Waals surface area contributed by atoms with Crippen LogP contribution in [0.4, 0.5) is 0 Å². The zero-order valence-electron chi connectivity index (χ0n) is 14.9. The highest BCUT2D eigenvalue weighted by Crippen LogP contribution is 2.18. The predicted octanol–water partition coefficient (Wildman–Crippen LogP) is 3.20. The van der Waals surface area contributed by atoms with Crippen LogP contribution in [0, 0.1) is 13.8 Å². The highest BCUT2D eigenvalue weighted by molar-refractivity contribution is 6.30. The Kier molecular flexibility index (Phi) is 5.93. The number of amides is 1. The van der Waals surface area contributed by atoms with Gasteiger partial charge in [-0.2, -0.15) is 0 Å². The van der Waals surface area contributed by atoms with Crippen LogP contribution >= 0.6 is 11.6 Å². The topological polar surface area (TPSA) is 64.5 Å². The number of nitrogens with zero attached hydrogens (tertiary/aromatic N) is 3. The quantitative estimate of drug-likeness (QED) is 0.803. The van der Waals surface area contributed by atoms with Crippen molar-refractivity contribution in [3.05, 3.63) is 46.7 Å². The second-order valence-corrected chi connectivity index (χ2v) is 6.83. The summed E-state index contributed by atoms with van der Waals surface area (Å²) in [5.74, 6) is 0.561. The number of ether oxygens (including phenoxy) is 2. The van der Waals surface area contributed by atoms with Crippen LogP contribution in [-0.4, -0.2) is 46.6 Å². The maximum Gasteiger partial charge on any atom is 0.317 e. The first-order valence-electron chi connectivity index (χ1n) is 8.64. The molecule has 1 amide bonds. The Bertz CT molecular complexity index is 747. The Morgan fingerprint density at radius 3 is 2.62 bits per heavy atom. The van der Waals surface area contributed by atoms with Gasteiger partial charge in [0.15, 0.2) is 6.61 Å². The predicted molar refractivity (Wildman–Crippen MR) is 98.7 cm³/mol. The number of rotatable bonds is 5. The summed E-state index contributed by atoms with van der Waals surface area (Å²) < 4.78 is 11.4. The standard InChI is InChI=1S/C19H22ClN3O3/c1-13-10-14(2)22-19(21-13)26-17-4-3-9-23(11-17)18(24)12-25-16-7-5-15(20)6-8-16/h5-8,10,17H,3-4,9,11-12H2,1-2H3. The second kappa shape index (κ2) is 8.36. The number of likely N-dealkylation sites (tertiary alicyclic amines) is 1. The summed E-state index contributed by atoms with van der Waals surface area (Å²) in [4.78, 5) is 22.8. The summed E-state index contributed by atoms with van der Waals surface area (Å²) in [6.07, 6.45) is 1.64. The molecule has 2 heterocycles. The van der Waals surface area contributed by atoms with Gasteiger partial charge >= 0.3 is 6.01 Å². The minimum Gasteiger partial charge on any atom is -0.484 e. The van der Waals surface area contributed by atoms with E-state index in [1.165, 1.54) is 0 Å². The minimum absolute atomic E-state index is 0.00555. The molecule has 1 aromatic carbocycles. The molecule has 7 heteroatoms. The molecule has 0 spiro atoms. The Labute approximate surface area is 158 Å². The Morgan fingerprint density at radius 1 is 1.23 bits per heavy atom. The molecule has 1 atom stereocenters. The van der Waals surface area contributed by atoms with E-state index in [4.69, 9.17) is 21.1 Å². The second-order valence-electron chi connectivity index (χ2n) is 6.40. The van der Waals surface area contributed by atoms with Gasteiger partial charge < -0.3 is 14.4 Å². The van der Waals surface area contributed by atoms with E-state index in [0.29, 0.717) is 29.9 Å². The molecule has 1 aromatic heterocycles. The van der Waals surface area contributed by atoms with Gasteiger partial charge in [0.05, 0.1) is 6.54 Å². The van der Waals surface area contributed by atoms with Crippen LogP contribution < -0.4 is 9.47 Å². The average molecular weight is 376 g/mol. The molecule has 1 fully saturated rings. The lowest BCUT2D eigenvalue weighted by Crippen LogP contribution is -2.46. The first-order valence-corrected chi connectivity index (χ1v) is 9.02. The van der Waals surface area contributed by atoms with Gasteiger partial charge in [0, 0.05) is 23.0 Å². The molecule has 1 aliphatic heterocycles. The van der Waals surface area contributed by atoms with Crippen LogP contribution in [-0.2, 0) is 4.79 Å². The van der Waals surface area contributed by atoms with Crippen LogP contribution in [0.3, 0.4) is 0 Å². The smallest absolute Gasteiger partial charge is 0.317 e. The number of aromatic nitrogens is 2. The SMILES string of the molecule is Cc1cc(C)nc(OC2CCCN(C(=O)COc3ccc(Cl)cc3)C2)n1. The van der Waals surface area contributed by atoms with Gasteiger partial charge in [0.2, 0.25) is 0 Å². The van der Waals surface area contributed by atoms with E-state index in [1.54, 1.807) is 29.2 Å². The highest BCUT2D eigenvalue weighted by atomic mass is 35.5. The number of hydrogen-bond acceptors (Lipinski definition) is 5. The third-order valence-corrected chi connectivity index (χ3v) is 4.39. The van der Waals surface area contributed by atoms with Crippen LogP contribution in [0.5, 0.6) is 11.8 Å². The third-order valence-electron chi connectivity index (χ3n) is 4.14. The fraction of sp³-hybridized carbons (Fsp3) is 0.421. The maximum atomic E-state index is 12.4. The molecule has 0 saturated carbocycles. The fourth-order valence-corrected chi connectivity index (χ4v) is 3.05. The number of hydrogen-bond donors (Lipinski definition) is 0. The van der Waals surface area contributed by atoms with Crippen molar-refractivity contribution in [1.29, 1.82) is 0 Å². The Hall–Kier alpha value is -2.34. The van der Waals surface area contributed by atoms with Crippen LogP contribution in [0.2, 0.25) is 5.02 Å². The van der Waals surface area contributed by atoms with E-state index in [1.807, 2.05) is 19.9 Å². The molecule has 138 valence electrons. The third kappa shape index (κ3) is 5.08. The zero-order chi connectivity index (χ0) is 18.5. The van der Waals surface area contributed by atoms with Crippen LogP contribution in [0.1, 0.15) is 24.2 Å². The first kappa shape index (κ1) is 18.5. The van der Waals surface area contributed by atoms with E-state index in [0.717, 1.165) is 24.2 Å². The minimum atomic E-state index is -0.107. The molecule has 3 rings (SSSR count). The maximum absolute atomic E-state index is 12.4. The van der Waals surface area contributed by atoms with Gasteiger partial charge in [-0.05, 0) is 57.0 Å². The normalized spacial score (nSPS) is 17.0. The van der Waals surface area contributed by atoms with Gasteiger partial charge in [0.25, 0.3) is 5.91 Å². The summed E-state index contributed by atoms with van der Waals surface area (Å²) in [5.41, 5.74) is 1.74. The molecule has 2 aromatic rings. The number of benzene rings is 1. The molecular weight excluding hydrogens is 354 g/mol. The van der Waals surface area contributed by atoms with Crippen molar-refractivity contribution in [2.75, 3.05) is 19.7 Å².